The van der Waals surface area contributed by atoms with Crippen LogP contribution in [0.3, 0.4) is 0 Å². The quantitative estimate of drug-likeness (QED) is 0.763. The summed E-state index contributed by atoms with van der Waals surface area (Å²) in [7, 11) is 0. The minimum atomic E-state index is 0.708. The molecule has 19 heavy (non-hydrogen) atoms. The molecule has 2 aliphatic carbocycles. The summed E-state index contributed by atoms with van der Waals surface area (Å²) >= 11 is 1.81. The van der Waals surface area contributed by atoms with E-state index in [9.17, 15) is 0 Å². The maximum Gasteiger partial charge on any atom is 0.0343 e. The van der Waals surface area contributed by atoms with E-state index in [-0.39, 0.29) is 0 Å². The van der Waals surface area contributed by atoms with Crippen LogP contribution in [0.4, 0.5) is 5.69 Å². The average molecular weight is 275 g/mol. The van der Waals surface area contributed by atoms with Gasteiger partial charge in [-0.1, -0.05) is 25.7 Å². The van der Waals surface area contributed by atoms with E-state index < -0.39 is 0 Å². The number of fused-ring (bicyclic) bond motifs is 1. The highest BCUT2D eigenvalue weighted by Gasteiger charge is 2.31. The molecule has 1 aromatic rings. The maximum atomic E-state index is 3.76. The van der Waals surface area contributed by atoms with Crippen LogP contribution in [0.2, 0.25) is 0 Å². The Bertz CT molecular complexity index is 400. The Kier molecular flexibility index (Phi) is 4.37. The van der Waals surface area contributed by atoms with Gasteiger partial charge in [-0.3, -0.25) is 0 Å². The van der Waals surface area contributed by atoms with E-state index in [1.807, 2.05) is 11.8 Å². The number of hydrogen-bond donors (Lipinski definition) is 1. The van der Waals surface area contributed by atoms with E-state index in [4.69, 9.17) is 0 Å². The van der Waals surface area contributed by atoms with E-state index in [0.29, 0.717) is 6.04 Å². The lowest BCUT2D eigenvalue weighted by atomic mass is 9.69. The van der Waals surface area contributed by atoms with E-state index in [0.717, 1.165) is 11.8 Å². The van der Waals surface area contributed by atoms with Gasteiger partial charge in [0.2, 0.25) is 0 Å². The molecule has 2 fully saturated rings. The number of thioether (sulfide) groups is 1. The first kappa shape index (κ1) is 13.4. The van der Waals surface area contributed by atoms with Crippen LogP contribution in [0.25, 0.3) is 0 Å². The Morgan fingerprint density at radius 2 is 1.68 bits per heavy atom. The summed E-state index contributed by atoms with van der Waals surface area (Å²) in [5.74, 6) is 2.05. The van der Waals surface area contributed by atoms with Gasteiger partial charge in [0.15, 0.2) is 0 Å². The van der Waals surface area contributed by atoms with Crippen LogP contribution in [0.5, 0.6) is 0 Å². The predicted molar refractivity (Wildman–Crippen MR) is 84.9 cm³/mol. The van der Waals surface area contributed by atoms with Crippen LogP contribution < -0.4 is 5.32 Å². The van der Waals surface area contributed by atoms with Gasteiger partial charge in [-0.25, -0.2) is 0 Å². The molecular formula is C17H25NS. The minimum Gasteiger partial charge on any atom is -0.382 e. The molecule has 0 heterocycles. The Hall–Kier alpha value is -0.630. The minimum absolute atomic E-state index is 0.708. The highest BCUT2D eigenvalue weighted by atomic mass is 32.2. The third kappa shape index (κ3) is 3.28. The van der Waals surface area contributed by atoms with Crippen LogP contribution >= 0.6 is 11.8 Å². The van der Waals surface area contributed by atoms with Gasteiger partial charge in [0.05, 0.1) is 0 Å². The van der Waals surface area contributed by atoms with Crippen molar-refractivity contribution in [3.63, 3.8) is 0 Å². The number of benzene rings is 1. The fourth-order valence-corrected chi connectivity index (χ4v) is 4.34. The monoisotopic (exact) mass is 275 g/mol. The van der Waals surface area contributed by atoms with Gasteiger partial charge in [-0.15, -0.1) is 11.8 Å². The Morgan fingerprint density at radius 3 is 2.42 bits per heavy atom. The SMILES string of the molecule is CSc1ccc(NC2CCC3CCCCC3C2)cc1. The summed E-state index contributed by atoms with van der Waals surface area (Å²) in [6.07, 6.45) is 12.3. The zero-order chi connectivity index (χ0) is 13.1. The molecule has 3 atom stereocenters. The molecule has 3 unspecified atom stereocenters. The summed E-state index contributed by atoms with van der Waals surface area (Å²) in [5.41, 5.74) is 1.30. The molecule has 104 valence electrons. The standard InChI is InChI=1S/C17H25NS/c1-19-17-10-8-15(9-11-17)18-16-7-6-13-4-2-3-5-14(13)12-16/h8-11,13-14,16,18H,2-7,12H2,1H3. The highest BCUT2D eigenvalue weighted by molar-refractivity contribution is 7.98. The topological polar surface area (TPSA) is 12.0 Å². The molecule has 3 rings (SSSR count). The molecule has 1 nitrogen and oxygen atoms in total. The van der Waals surface area contributed by atoms with Crippen molar-refractivity contribution in [3.8, 4) is 0 Å². The molecule has 2 heteroatoms. The number of hydrogen-bond acceptors (Lipinski definition) is 2. The van der Waals surface area contributed by atoms with Gasteiger partial charge in [0.25, 0.3) is 0 Å². The van der Waals surface area contributed by atoms with Gasteiger partial charge in [-0.2, -0.15) is 0 Å². The molecule has 0 bridgehead atoms. The first-order valence-electron chi connectivity index (χ1n) is 7.76. The smallest absolute Gasteiger partial charge is 0.0343 e. The molecule has 0 radical (unpaired) electrons. The predicted octanol–water partition coefficient (Wildman–Crippen LogP) is 5.18. The van der Waals surface area contributed by atoms with Crippen molar-refractivity contribution >= 4 is 17.4 Å². The van der Waals surface area contributed by atoms with E-state index in [2.05, 4.69) is 35.8 Å². The molecule has 0 aromatic heterocycles. The van der Waals surface area contributed by atoms with Crippen molar-refractivity contribution in [1.29, 1.82) is 0 Å². The molecule has 0 amide bonds. The summed E-state index contributed by atoms with van der Waals surface area (Å²) in [4.78, 5) is 1.35. The van der Waals surface area contributed by atoms with Crippen molar-refractivity contribution in [1.82, 2.24) is 0 Å². The zero-order valence-corrected chi connectivity index (χ0v) is 12.7. The molecule has 0 aliphatic heterocycles. The number of anilines is 1. The van der Waals surface area contributed by atoms with Crippen molar-refractivity contribution in [2.45, 2.75) is 55.9 Å². The Morgan fingerprint density at radius 1 is 0.947 bits per heavy atom. The summed E-state index contributed by atoms with van der Waals surface area (Å²) in [5, 5.41) is 3.76. The highest BCUT2D eigenvalue weighted by Crippen LogP contribution is 2.41. The first-order valence-corrected chi connectivity index (χ1v) is 8.98. The third-order valence-electron chi connectivity index (χ3n) is 5.00. The lowest BCUT2D eigenvalue weighted by Gasteiger charge is -2.39. The number of rotatable bonds is 3. The third-order valence-corrected chi connectivity index (χ3v) is 5.74. The van der Waals surface area contributed by atoms with Gasteiger partial charge < -0.3 is 5.32 Å². The maximum absolute atomic E-state index is 3.76. The van der Waals surface area contributed by atoms with Gasteiger partial charge in [-0.05, 0) is 61.6 Å². The average Bonchev–Trinajstić information content (AvgIpc) is 2.48. The van der Waals surface area contributed by atoms with Crippen LogP contribution in [-0.4, -0.2) is 12.3 Å². The molecule has 2 aliphatic rings. The lowest BCUT2D eigenvalue weighted by Crippen LogP contribution is -2.34. The molecule has 0 spiro atoms. The van der Waals surface area contributed by atoms with E-state index in [1.165, 1.54) is 55.5 Å². The van der Waals surface area contributed by atoms with Crippen molar-refractivity contribution < 1.29 is 0 Å². The molecule has 2 saturated carbocycles. The van der Waals surface area contributed by atoms with Crippen LogP contribution in [0, 0.1) is 11.8 Å². The van der Waals surface area contributed by atoms with Gasteiger partial charge in [0, 0.05) is 16.6 Å². The molecule has 1 aromatic carbocycles. The largest absolute Gasteiger partial charge is 0.382 e. The first-order chi connectivity index (χ1) is 9.35. The van der Waals surface area contributed by atoms with Crippen molar-refractivity contribution in [3.05, 3.63) is 24.3 Å². The summed E-state index contributed by atoms with van der Waals surface area (Å²) < 4.78 is 0. The fourth-order valence-electron chi connectivity index (χ4n) is 3.93. The fraction of sp³-hybridized carbons (Fsp3) is 0.647. The molecule has 0 saturated heterocycles. The second-order valence-corrected chi connectivity index (χ2v) is 7.07. The van der Waals surface area contributed by atoms with Crippen molar-refractivity contribution in [2.75, 3.05) is 11.6 Å². The second kappa shape index (κ2) is 6.21. The Balaban J connectivity index is 1.57. The van der Waals surface area contributed by atoms with E-state index >= 15 is 0 Å². The molecule has 1 N–H and O–H groups in total. The van der Waals surface area contributed by atoms with Gasteiger partial charge in [0.1, 0.15) is 0 Å². The second-order valence-electron chi connectivity index (χ2n) is 6.19. The summed E-state index contributed by atoms with van der Waals surface area (Å²) in [6.45, 7) is 0. The normalized spacial score (nSPS) is 30.7. The van der Waals surface area contributed by atoms with Crippen molar-refractivity contribution in [2.24, 2.45) is 11.8 Å². The van der Waals surface area contributed by atoms with E-state index in [1.54, 1.807) is 0 Å². The summed E-state index contributed by atoms with van der Waals surface area (Å²) in [6, 6.07) is 9.62. The van der Waals surface area contributed by atoms with Gasteiger partial charge >= 0.3 is 0 Å². The van der Waals surface area contributed by atoms with Crippen LogP contribution in [0.15, 0.2) is 29.2 Å². The van der Waals surface area contributed by atoms with Crippen LogP contribution in [0.1, 0.15) is 44.9 Å². The zero-order valence-electron chi connectivity index (χ0n) is 11.9. The number of nitrogens with one attached hydrogen (secondary N) is 1. The lowest BCUT2D eigenvalue weighted by molar-refractivity contribution is 0.162. The van der Waals surface area contributed by atoms with Crippen LogP contribution in [-0.2, 0) is 0 Å². The molecular weight excluding hydrogens is 250 g/mol. The Labute approximate surface area is 121 Å².